The second-order valence-corrected chi connectivity index (χ2v) is 4.05. The molecule has 1 aromatic heterocycles. The molecular formula is C12H19N3O2. The number of hydrogen-bond donors (Lipinski definition) is 2. The predicted octanol–water partition coefficient (Wildman–Crippen LogP) is 0.711. The molecule has 1 aromatic rings. The number of pyridine rings is 1. The van der Waals surface area contributed by atoms with E-state index in [0.717, 1.165) is 31.1 Å². The average molecular weight is 237 g/mol. The molecule has 5 heteroatoms. The lowest BCUT2D eigenvalue weighted by Gasteiger charge is -2.33. The Hall–Kier alpha value is -1.33. The third-order valence-corrected chi connectivity index (χ3v) is 2.81. The molecule has 1 aliphatic rings. The standard InChI is InChI=1S/C12H19N3O2/c1-2-13-12-7-10(3-4-14-12)15-5-6-17-11(8-15)9-16/h3-4,7,11,16H,2,5-6,8-9H2,1H3,(H,13,14). The monoisotopic (exact) mass is 237 g/mol. The molecule has 5 nitrogen and oxygen atoms in total. The van der Waals surface area contributed by atoms with E-state index in [1.165, 1.54) is 0 Å². The number of anilines is 2. The van der Waals surface area contributed by atoms with Gasteiger partial charge in [0.15, 0.2) is 0 Å². The Balaban J connectivity index is 2.07. The molecule has 94 valence electrons. The molecule has 0 aliphatic carbocycles. The molecular weight excluding hydrogens is 218 g/mol. The van der Waals surface area contributed by atoms with Crippen LogP contribution in [0.25, 0.3) is 0 Å². The summed E-state index contributed by atoms with van der Waals surface area (Å²) in [4.78, 5) is 6.46. The van der Waals surface area contributed by atoms with Crippen molar-refractivity contribution in [3.05, 3.63) is 18.3 Å². The van der Waals surface area contributed by atoms with Gasteiger partial charge in [-0.05, 0) is 13.0 Å². The van der Waals surface area contributed by atoms with Crippen LogP contribution in [0.5, 0.6) is 0 Å². The number of ether oxygens (including phenoxy) is 1. The van der Waals surface area contributed by atoms with Crippen molar-refractivity contribution in [1.29, 1.82) is 0 Å². The van der Waals surface area contributed by atoms with Crippen LogP contribution >= 0.6 is 0 Å². The van der Waals surface area contributed by atoms with Crippen molar-refractivity contribution in [3.63, 3.8) is 0 Å². The van der Waals surface area contributed by atoms with Gasteiger partial charge in [0.05, 0.1) is 19.3 Å². The first-order valence-electron chi connectivity index (χ1n) is 6.00. The number of nitrogens with one attached hydrogen (secondary N) is 1. The number of hydrogen-bond acceptors (Lipinski definition) is 5. The Labute approximate surface area is 101 Å². The van der Waals surface area contributed by atoms with Gasteiger partial charge in [-0.2, -0.15) is 0 Å². The highest BCUT2D eigenvalue weighted by Crippen LogP contribution is 2.19. The number of aromatic nitrogens is 1. The maximum Gasteiger partial charge on any atom is 0.127 e. The molecule has 1 saturated heterocycles. The van der Waals surface area contributed by atoms with Crippen LogP contribution in [0.4, 0.5) is 11.5 Å². The maximum absolute atomic E-state index is 9.12. The SMILES string of the molecule is CCNc1cc(N2CCOC(CO)C2)ccn1. The molecule has 1 unspecified atom stereocenters. The quantitative estimate of drug-likeness (QED) is 0.807. The predicted molar refractivity (Wildman–Crippen MR) is 67.4 cm³/mol. The van der Waals surface area contributed by atoms with Crippen LogP contribution in [-0.2, 0) is 4.74 Å². The lowest BCUT2D eigenvalue weighted by molar-refractivity contribution is 0.00357. The zero-order valence-corrected chi connectivity index (χ0v) is 10.1. The Kier molecular flexibility index (Phi) is 4.17. The van der Waals surface area contributed by atoms with E-state index in [9.17, 15) is 0 Å². The Bertz CT molecular complexity index is 359. The first-order chi connectivity index (χ1) is 8.33. The van der Waals surface area contributed by atoms with Crippen LogP contribution < -0.4 is 10.2 Å². The number of rotatable bonds is 4. The summed E-state index contributed by atoms with van der Waals surface area (Å²) in [6.07, 6.45) is 1.72. The van der Waals surface area contributed by atoms with Crippen molar-refractivity contribution < 1.29 is 9.84 Å². The van der Waals surface area contributed by atoms with Crippen molar-refractivity contribution in [2.75, 3.05) is 43.1 Å². The summed E-state index contributed by atoms with van der Waals surface area (Å²) in [6.45, 7) is 5.22. The summed E-state index contributed by atoms with van der Waals surface area (Å²) in [5, 5.41) is 12.3. The van der Waals surface area contributed by atoms with Crippen LogP contribution in [-0.4, -0.2) is 49.0 Å². The minimum absolute atomic E-state index is 0.0711. The Morgan fingerprint density at radius 3 is 3.29 bits per heavy atom. The molecule has 1 fully saturated rings. The van der Waals surface area contributed by atoms with E-state index in [2.05, 4.69) is 15.2 Å². The van der Waals surface area contributed by atoms with E-state index in [1.54, 1.807) is 6.20 Å². The van der Waals surface area contributed by atoms with Gasteiger partial charge >= 0.3 is 0 Å². The van der Waals surface area contributed by atoms with Crippen LogP contribution in [0.15, 0.2) is 18.3 Å². The normalized spacial score (nSPS) is 20.4. The zero-order chi connectivity index (χ0) is 12.1. The van der Waals surface area contributed by atoms with Gasteiger partial charge in [-0.15, -0.1) is 0 Å². The smallest absolute Gasteiger partial charge is 0.127 e. The third-order valence-electron chi connectivity index (χ3n) is 2.81. The van der Waals surface area contributed by atoms with E-state index >= 15 is 0 Å². The molecule has 2 N–H and O–H groups in total. The molecule has 0 radical (unpaired) electrons. The fourth-order valence-electron chi connectivity index (χ4n) is 1.96. The molecule has 0 aromatic carbocycles. The highest BCUT2D eigenvalue weighted by atomic mass is 16.5. The highest BCUT2D eigenvalue weighted by Gasteiger charge is 2.20. The first kappa shape index (κ1) is 12.1. The second kappa shape index (κ2) is 5.84. The second-order valence-electron chi connectivity index (χ2n) is 4.05. The summed E-state index contributed by atoms with van der Waals surface area (Å²) < 4.78 is 5.43. The Morgan fingerprint density at radius 2 is 2.53 bits per heavy atom. The van der Waals surface area contributed by atoms with Crippen molar-refractivity contribution in [3.8, 4) is 0 Å². The van der Waals surface area contributed by atoms with Gasteiger partial charge in [-0.25, -0.2) is 4.98 Å². The van der Waals surface area contributed by atoms with E-state index in [-0.39, 0.29) is 12.7 Å². The third kappa shape index (κ3) is 3.08. The fourth-order valence-corrected chi connectivity index (χ4v) is 1.96. The zero-order valence-electron chi connectivity index (χ0n) is 10.1. The lowest BCUT2D eigenvalue weighted by Crippen LogP contribution is -2.44. The molecule has 0 bridgehead atoms. The summed E-state index contributed by atoms with van der Waals surface area (Å²) in [6, 6.07) is 4.02. The molecule has 0 spiro atoms. The number of aliphatic hydroxyl groups is 1. The van der Waals surface area contributed by atoms with E-state index < -0.39 is 0 Å². The van der Waals surface area contributed by atoms with Gasteiger partial charge in [0.25, 0.3) is 0 Å². The number of aliphatic hydroxyl groups excluding tert-OH is 1. The lowest BCUT2D eigenvalue weighted by atomic mass is 10.2. The summed E-state index contributed by atoms with van der Waals surface area (Å²) in [7, 11) is 0. The topological polar surface area (TPSA) is 57.6 Å². The van der Waals surface area contributed by atoms with Gasteiger partial charge in [-0.1, -0.05) is 0 Å². The fraction of sp³-hybridized carbons (Fsp3) is 0.583. The van der Waals surface area contributed by atoms with Crippen LogP contribution in [0.2, 0.25) is 0 Å². The molecule has 0 amide bonds. The van der Waals surface area contributed by atoms with E-state index in [1.807, 2.05) is 19.1 Å². The highest BCUT2D eigenvalue weighted by molar-refractivity contribution is 5.54. The van der Waals surface area contributed by atoms with Gasteiger partial charge in [0.1, 0.15) is 5.82 Å². The minimum atomic E-state index is -0.0838. The van der Waals surface area contributed by atoms with Crippen LogP contribution in [0, 0.1) is 0 Å². The minimum Gasteiger partial charge on any atom is -0.394 e. The van der Waals surface area contributed by atoms with E-state index in [0.29, 0.717) is 6.61 Å². The van der Waals surface area contributed by atoms with Crippen LogP contribution in [0.3, 0.4) is 0 Å². The van der Waals surface area contributed by atoms with Crippen molar-refractivity contribution in [1.82, 2.24) is 4.98 Å². The summed E-state index contributed by atoms with van der Waals surface area (Å²) in [5.41, 5.74) is 1.12. The van der Waals surface area contributed by atoms with Gasteiger partial charge < -0.3 is 20.1 Å². The molecule has 2 heterocycles. The number of morpholine rings is 1. The average Bonchev–Trinajstić information content (AvgIpc) is 2.40. The molecule has 0 saturated carbocycles. The number of nitrogens with zero attached hydrogens (tertiary/aromatic N) is 2. The van der Waals surface area contributed by atoms with Gasteiger partial charge in [0, 0.05) is 37.6 Å². The molecule has 1 aliphatic heterocycles. The maximum atomic E-state index is 9.12. The summed E-state index contributed by atoms with van der Waals surface area (Å²) >= 11 is 0. The molecule has 17 heavy (non-hydrogen) atoms. The van der Waals surface area contributed by atoms with Crippen molar-refractivity contribution in [2.24, 2.45) is 0 Å². The molecule has 2 rings (SSSR count). The van der Waals surface area contributed by atoms with Gasteiger partial charge in [-0.3, -0.25) is 0 Å². The Morgan fingerprint density at radius 1 is 1.65 bits per heavy atom. The van der Waals surface area contributed by atoms with E-state index in [4.69, 9.17) is 9.84 Å². The molecule has 1 atom stereocenters. The van der Waals surface area contributed by atoms with Crippen LogP contribution in [0.1, 0.15) is 6.92 Å². The summed E-state index contributed by atoms with van der Waals surface area (Å²) in [5.74, 6) is 0.886. The first-order valence-corrected chi connectivity index (χ1v) is 6.00. The van der Waals surface area contributed by atoms with Gasteiger partial charge in [0.2, 0.25) is 0 Å². The largest absolute Gasteiger partial charge is 0.394 e. The van der Waals surface area contributed by atoms with Crippen molar-refractivity contribution in [2.45, 2.75) is 13.0 Å². The van der Waals surface area contributed by atoms with Crippen molar-refractivity contribution >= 4 is 11.5 Å².